The maximum absolute atomic E-state index is 12.4. The maximum atomic E-state index is 12.4. The first-order valence-electron chi connectivity index (χ1n) is 9.71. The van der Waals surface area contributed by atoms with Crippen LogP contribution in [0.5, 0.6) is 0 Å². The maximum Gasteiger partial charge on any atom is 0.408 e. The molecule has 2 amide bonds. The number of hydrogen-bond donors (Lipinski definition) is 2. The fourth-order valence-electron chi connectivity index (χ4n) is 2.74. The van der Waals surface area contributed by atoms with Gasteiger partial charge in [0, 0.05) is 5.75 Å². The monoisotopic (exact) mass is 523 g/mol. The Morgan fingerprint density at radius 1 is 1.26 bits per heavy atom. The molecule has 190 valence electrons. The summed E-state index contributed by atoms with van der Waals surface area (Å²) >= 11 is 1.00. The van der Waals surface area contributed by atoms with Crippen LogP contribution in [0.25, 0.3) is 0 Å². The lowest BCUT2D eigenvalue weighted by atomic mass is 10.0. The van der Waals surface area contributed by atoms with Gasteiger partial charge in [0.25, 0.3) is 5.91 Å². The normalized spacial score (nSPS) is 18.1. The number of ether oxygens (including phenoxy) is 3. The lowest BCUT2D eigenvalue weighted by Gasteiger charge is -2.43. The minimum Gasteiger partial charge on any atom is -0.468 e. The molecular formula is C17H25N5O10S2. The zero-order valence-corrected chi connectivity index (χ0v) is 20.4. The lowest BCUT2D eigenvalue weighted by Crippen LogP contribution is -2.64. The van der Waals surface area contributed by atoms with E-state index in [1.807, 2.05) is 0 Å². The van der Waals surface area contributed by atoms with Gasteiger partial charge in [0.15, 0.2) is 6.04 Å². The van der Waals surface area contributed by atoms with E-state index in [0.717, 1.165) is 16.4 Å². The van der Waals surface area contributed by atoms with Crippen LogP contribution in [-0.2, 0) is 45.5 Å². The quantitative estimate of drug-likeness (QED) is 0.169. The molecule has 1 fully saturated rings. The molecule has 0 spiro atoms. The Labute approximate surface area is 199 Å². The number of methoxy groups -OCH3 is 1. The van der Waals surface area contributed by atoms with Crippen molar-refractivity contribution in [3.63, 3.8) is 0 Å². The molecule has 0 aromatic carbocycles. The van der Waals surface area contributed by atoms with E-state index >= 15 is 0 Å². The number of nitrogens with zero attached hydrogens (tertiary/aromatic N) is 4. The third-order valence-corrected chi connectivity index (χ3v) is 6.09. The Kier molecular flexibility index (Phi) is 8.84. The first-order valence-corrected chi connectivity index (χ1v) is 12.3. The third-order valence-electron chi connectivity index (χ3n) is 4.12. The Balaban J connectivity index is 1.95. The van der Waals surface area contributed by atoms with E-state index in [4.69, 9.17) is 9.47 Å². The highest BCUT2D eigenvalue weighted by Crippen LogP contribution is 2.35. The number of carbonyl (C=O) groups excluding carboxylic acids is 4. The summed E-state index contributed by atoms with van der Waals surface area (Å²) in [6, 6.07) is -2.15. The van der Waals surface area contributed by atoms with Gasteiger partial charge in [-0.25, -0.2) is 13.8 Å². The van der Waals surface area contributed by atoms with Crippen LogP contribution in [0, 0.1) is 0 Å². The highest BCUT2D eigenvalue weighted by atomic mass is 32.2. The lowest BCUT2D eigenvalue weighted by molar-refractivity contribution is -0.145. The number of rotatable bonds is 10. The van der Waals surface area contributed by atoms with Crippen LogP contribution in [0.1, 0.15) is 32.5 Å². The zero-order valence-electron chi connectivity index (χ0n) is 18.8. The predicted molar refractivity (Wildman–Crippen MR) is 115 cm³/mol. The molecule has 2 heterocycles. The fraction of sp³-hybridized carbons (Fsp3) is 0.647. The summed E-state index contributed by atoms with van der Waals surface area (Å²) in [5, 5.41) is 9.78. The summed E-state index contributed by atoms with van der Waals surface area (Å²) in [5.41, 5.74) is -0.587. The molecular weight excluding hydrogens is 498 g/mol. The van der Waals surface area contributed by atoms with Crippen molar-refractivity contribution in [2.45, 2.75) is 45.1 Å². The molecule has 2 rings (SSSR count). The van der Waals surface area contributed by atoms with Crippen LogP contribution in [0.4, 0.5) is 4.79 Å². The van der Waals surface area contributed by atoms with Crippen molar-refractivity contribution in [1.29, 1.82) is 0 Å². The molecule has 0 radical (unpaired) electrons. The van der Waals surface area contributed by atoms with Crippen molar-refractivity contribution >= 4 is 46.0 Å². The van der Waals surface area contributed by atoms with Crippen LogP contribution in [-0.4, -0.2) is 93.0 Å². The van der Waals surface area contributed by atoms with Gasteiger partial charge in [-0.3, -0.25) is 18.9 Å². The van der Waals surface area contributed by atoms with Crippen LogP contribution in [0.2, 0.25) is 0 Å². The average Bonchev–Trinajstić information content (AvgIpc) is 3.15. The van der Waals surface area contributed by atoms with Crippen LogP contribution < -0.4 is 5.32 Å². The molecule has 0 aliphatic carbocycles. The number of thioether (sulfide) groups is 1. The molecule has 1 aromatic heterocycles. The molecule has 2 N–H and O–H groups in total. The summed E-state index contributed by atoms with van der Waals surface area (Å²) in [7, 11) is -3.63. The van der Waals surface area contributed by atoms with E-state index in [9.17, 15) is 32.1 Å². The molecule has 2 atom stereocenters. The fourth-order valence-corrected chi connectivity index (χ4v) is 4.68. The molecule has 0 saturated carbocycles. The van der Waals surface area contributed by atoms with E-state index < -0.39 is 58.5 Å². The van der Waals surface area contributed by atoms with Gasteiger partial charge in [-0.05, 0) is 20.8 Å². The van der Waals surface area contributed by atoms with Gasteiger partial charge in [-0.1, -0.05) is 5.21 Å². The highest BCUT2D eigenvalue weighted by Gasteiger charge is 2.54. The van der Waals surface area contributed by atoms with Crippen molar-refractivity contribution in [3.8, 4) is 0 Å². The molecule has 15 nitrogen and oxygen atoms in total. The summed E-state index contributed by atoms with van der Waals surface area (Å²) < 4.78 is 48.3. The topological polar surface area (TPSA) is 196 Å². The zero-order chi connectivity index (χ0) is 25.7. The van der Waals surface area contributed by atoms with Gasteiger partial charge in [0.05, 0.1) is 25.1 Å². The second-order valence-corrected chi connectivity index (χ2v) is 10.2. The number of β-lactam (4-membered cyclic amide) rings is 1. The van der Waals surface area contributed by atoms with Crippen molar-refractivity contribution in [2.75, 3.05) is 25.2 Å². The van der Waals surface area contributed by atoms with Crippen molar-refractivity contribution in [3.05, 3.63) is 11.9 Å². The Hall–Kier alpha value is -2.92. The molecule has 1 saturated heterocycles. The van der Waals surface area contributed by atoms with Crippen LogP contribution in [0.15, 0.2) is 6.20 Å². The standard InChI is InChI=1S/C17H25N5O10S2/c1-17(2,3)32-16(26)18-5-12(23)31-7-10-6-21(20-19-10)14-11(8-33-9-13(24)30-4)22(15(14)25)34(27,28)29/h6,11,14H,5,7-9H2,1-4H3,(H,18,26)(H,27,28,29)/t11-,14-/m0/s1. The molecule has 1 aliphatic rings. The predicted octanol–water partition coefficient (Wildman–Crippen LogP) is -0.693. The summed E-state index contributed by atoms with van der Waals surface area (Å²) in [4.78, 5) is 47.0. The van der Waals surface area contributed by atoms with Crippen molar-refractivity contribution in [2.24, 2.45) is 0 Å². The summed E-state index contributed by atoms with van der Waals surface area (Å²) in [5.74, 6) is -2.39. The van der Waals surface area contributed by atoms with E-state index in [2.05, 4.69) is 20.4 Å². The Bertz CT molecular complexity index is 1040. The number of alkyl carbamates (subject to hydrolysis) is 1. The third kappa shape index (κ3) is 7.56. The van der Waals surface area contributed by atoms with Crippen LogP contribution >= 0.6 is 11.8 Å². The van der Waals surface area contributed by atoms with E-state index in [1.165, 1.54) is 13.3 Å². The highest BCUT2D eigenvalue weighted by molar-refractivity contribution is 8.00. The van der Waals surface area contributed by atoms with E-state index in [-0.39, 0.29) is 23.8 Å². The number of carbonyl (C=O) groups is 4. The Morgan fingerprint density at radius 3 is 2.53 bits per heavy atom. The minimum absolute atomic E-state index is 0.0220. The molecule has 1 aliphatic heterocycles. The number of esters is 2. The number of aromatic nitrogens is 3. The van der Waals surface area contributed by atoms with Gasteiger partial charge >= 0.3 is 28.3 Å². The van der Waals surface area contributed by atoms with Gasteiger partial charge < -0.3 is 19.5 Å². The van der Waals surface area contributed by atoms with E-state index in [0.29, 0.717) is 4.31 Å². The number of hydrogen-bond acceptors (Lipinski definition) is 12. The first kappa shape index (κ1) is 27.3. The Morgan fingerprint density at radius 2 is 1.94 bits per heavy atom. The largest absolute Gasteiger partial charge is 0.468 e. The molecule has 1 aromatic rings. The molecule has 0 unspecified atom stereocenters. The van der Waals surface area contributed by atoms with Gasteiger partial charge in [-0.15, -0.1) is 16.9 Å². The second kappa shape index (κ2) is 11.0. The van der Waals surface area contributed by atoms with Gasteiger partial charge in [0.1, 0.15) is 24.4 Å². The van der Waals surface area contributed by atoms with Gasteiger partial charge in [0.2, 0.25) is 0 Å². The average molecular weight is 524 g/mol. The van der Waals surface area contributed by atoms with E-state index in [1.54, 1.807) is 20.8 Å². The smallest absolute Gasteiger partial charge is 0.408 e. The van der Waals surface area contributed by atoms with Crippen molar-refractivity contribution < 1.29 is 46.4 Å². The molecule has 0 bridgehead atoms. The summed E-state index contributed by atoms with van der Waals surface area (Å²) in [6.07, 6.45) is 0.481. The first-order chi connectivity index (χ1) is 15.7. The number of amides is 2. The minimum atomic E-state index is -4.82. The molecule has 17 heteroatoms. The van der Waals surface area contributed by atoms with Gasteiger partial charge in [-0.2, -0.15) is 8.42 Å². The number of nitrogens with one attached hydrogen (secondary N) is 1. The SMILES string of the molecule is COC(=O)CSC[C@H]1[C@H](n2cc(COC(=O)CNC(=O)OC(C)(C)C)nn2)C(=O)N1S(=O)(=O)O. The van der Waals surface area contributed by atoms with Crippen molar-refractivity contribution in [1.82, 2.24) is 24.6 Å². The summed E-state index contributed by atoms with van der Waals surface area (Å²) in [6.45, 7) is 4.21. The molecule has 34 heavy (non-hydrogen) atoms. The second-order valence-electron chi connectivity index (χ2n) is 7.92. The van der Waals surface area contributed by atoms with Crippen LogP contribution in [0.3, 0.4) is 0 Å².